The van der Waals surface area contributed by atoms with Crippen molar-refractivity contribution in [3.8, 4) is 5.75 Å². The highest BCUT2D eigenvalue weighted by Gasteiger charge is 2.28. The van der Waals surface area contributed by atoms with Crippen molar-refractivity contribution in [1.29, 1.82) is 0 Å². The molecule has 2 amide bonds. The molecular weight excluding hydrogens is 356 g/mol. The zero-order valence-electron chi connectivity index (χ0n) is 17.0. The van der Waals surface area contributed by atoms with Gasteiger partial charge in [-0.2, -0.15) is 0 Å². The number of rotatable bonds is 4. The topological polar surface area (TPSA) is 63.0 Å². The number of amides is 2. The van der Waals surface area contributed by atoms with Crippen molar-refractivity contribution in [3.05, 3.63) is 54.0 Å². The Hall–Kier alpha value is -2.76. The summed E-state index contributed by atoms with van der Waals surface area (Å²) in [4.78, 5) is 28.6. The Bertz CT molecular complexity index is 798. The fourth-order valence-electron chi connectivity index (χ4n) is 3.24. The Kier molecular flexibility index (Phi) is 5.77. The molecule has 1 aliphatic heterocycles. The third-order valence-electron chi connectivity index (χ3n) is 5.03. The number of benzene rings is 1. The van der Waals surface area contributed by atoms with E-state index in [4.69, 9.17) is 9.15 Å². The normalized spacial score (nSPS) is 16.0. The van der Waals surface area contributed by atoms with Crippen LogP contribution >= 0.6 is 0 Å². The molecule has 0 bridgehead atoms. The van der Waals surface area contributed by atoms with Gasteiger partial charge in [0.25, 0.3) is 11.8 Å². The standard InChI is InChI=1S/C22H28N2O4/c1-16(28-19-7-5-18(6-8-19)22(2,3)4)20(25)23-10-12-24(13-11-23)21(26)17-9-14-27-15-17/h5-9,14-16H,10-13H2,1-4H3. The zero-order chi connectivity index (χ0) is 20.3. The number of ether oxygens (including phenoxy) is 1. The maximum Gasteiger partial charge on any atom is 0.263 e. The van der Waals surface area contributed by atoms with E-state index >= 15 is 0 Å². The van der Waals surface area contributed by atoms with Gasteiger partial charge in [-0.1, -0.05) is 32.9 Å². The summed E-state index contributed by atoms with van der Waals surface area (Å²) in [6.45, 7) is 10.2. The predicted molar refractivity (Wildman–Crippen MR) is 106 cm³/mol. The van der Waals surface area contributed by atoms with Gasteiger partial charge in [0.1, 0.15) is 12.0 Å². The van der Waals surface area contributed by atoms with Gasteiger partial charge in [-0.25, -0.2) is 0 Å². The van der Waals surface area contributed by atoms with Gasteiger partial charge in [0.2, 0.25) is 0 Å². The van der Waals surface area contributed by atoms with Crippen LogP contribution in [0.25, 0.3) is 0 Å². The van der Waals surface area contributed by atoms with E-state index < -0.39 is 6.10 Å². The first-order valence-electron chi connectivity index (χ1n) is 9.63. The highest BCUT2D eigenvalue weighted by atomic mass is 16.5. The molecule has 0 aliphatic carbocycles. The Morgan fingerprint density at radius 3 is 2.14 bits per heavy atom. The third kappa shape index (κ3) is 4.55. The maximum absolute atomic E-state index is 12.7. The number of hydrogen-bond acceptors (Lipinski definition) is 4. The maximum atomic E-state index is 12.7. The van der Waals surface area contributed by atoms with E-state index in [0.29, 0.717) is 37.5 Å². The molecule has 0 radical (unpaired) electrons. The van der Waals surface area contributed by atoms with Crippen LogP contribution in [-0.4, -0.2) is 53.9 Å². The molecule has 150 valence electrons. The molecule has 1 atom stereocenters. The average molecular weight is 384 g/mol. The van der Waals surface area contributed by atoms with E-state index in [9.17, 15) is 9.59 Å². The molecule has 0 N–H and O–H groups in total. The molecule has 3 rings (SSSR count). The van der Waals surface area contributed by atoms with E-state index in [1.807, 2.05) is 24.3 Å². The van der Waals surface area contributed by atoms with Crippen LogP contribution in [0.5, 0.6) is 5.75 Å². The molecule has 0 saturated carbocycles. The summed E-state index contributed by atoms with van der Waals surface area (Å²) in [5.74, 6) is 0.557. The molecule has 2 heterocycles. The van der Waals surface area contributed by atoms with Crippen LogP contribution in [0.4, 0.5) is 0 Å². The lowest BCUT2D eigenvalue weighted by Crippen LogP contribution is -2.53. The highest BCUT2D eigenvalue weighted by molar-refractivity contribution is 5.94. The molecule has 1 aromatic heterocycles. The van der Waals surface area contributed by atoms with Crippen LogP contribution < -0.4 is 4.74 Å². The smallest absolute Gasteiger partial charge is 0.263 e. The van der Waals surface area contributed by atoms with Crippen LogP contribution in [0.15, 0.2) is 47.3 Å². The molecule has 6 nitrogen and oxygen atoms in total. The number of piperazine rings is 1. The number of furan rings is 1. The monoisotopic (exact) mass is 384 g/mol. The Balaban J connectivity index is 1.52. The quantitative estimate of drug-likeness (QED) is 0.811. The van der Waals surface area contributed by atoms with Crippen LogP contribution in [-0.2, 0) is 10.2 Å². The van der Waals surface area contributed by atoms with Crippen LogP contribution in [0, 0.1) is 0 Å². The first kappa shape index (κ1) is 20.0. The van der Waals surface area contributed by atoms with Crippen molar-refractivity contribution in [2.75, 3.05) is 26.2 Å². The molecule has 1 fully saturated rings. The fraction of sp³-hybridized carbons (Fsp3) is 0.455. The Labute approximate surface area is 166 Å². The summed E-state index contributed by atoms with van der Waals surface area (Å²) in [5.41, 5.74) is 1.83. The first-order chi connectivity index (χ1) is 13.3. The first-order valence-corrected chi connectivity index (χ1v) is 9.63. The van der Waals surface area contributed by atoms with Gasteiger partial charge in [-0.3, -0.25) is 9.59 Å². The molecule has 1 saturated heterocycles. The third-order valence-corrected chi connectivity index (χ3v) is 5.03. The van der Waals surface area contributed by atoms with Gasteiger partial charge < -0.3 is 19.0 Å². The lowest BCUT2D eigenvalue weighted by Gasteiger charge is -2.35. The minimum atomic E-state index is -0.573. The summed E-state index contributed by atoms with van der Waals surface area (Å²) in [7, 11) is 0. The average Bonchev–Trinajstić information content (AvgIpc) is 3.21. The molecule has 1 aromatic carbocycles. The Morgan fingerprint density at radius 2 is 1.61 bits per heavy atom. The second-order valence-electron chi connectivity index (χ2n) is 8.16. The summed E-state index contributed by atoms with van der Waals surface area (Å²) >= 11 is 0. The zero-order valence-corrected chi connectivity index (χ0v) is 17.0. The summed E-state index contributed by atoms with van der Waals surface area (Å²) in [6, 6.07) is 9.54. The van der Waals surface area contributed by atoms with E-state index in [0.717, 1.165) is 0 Å². The molecule has 2 aromatic rings. The highest BCUT2D eigenvalue weighted by Crippen LogP contribution is 2.25. The lowest BCUT2D eigenvalue weighted by molar-refractivity contribution is -0.139. The van der Waals surface area contributed by atoms with Crippen molar-refractivity contribution in [1.82, 2.24) is 9.80 Å². The van der Waals surface area contributed by atoms with Crippen molar-refractivity contribution >= 4 is 11.8 Å². The fourth-order valence-corrected chi connectivity index (χ4v) is 3.24. The second kappa shape index (κ2) is 8.09. The van der Waals surface area contributed by atoms with Gasteiger partial charge in [0.05, 0.1) is 11.8 Å². The summed E-state index contributed by atoms with van der Waals surface area (Å²) < 4.78 is 10.8. The van der Waals surface area contributed by atoms with Gasteiger partial charge >= 0.3 is 0 Å². The number of carbonyl (C=O) groups is 2. The largest absolute Gasteiger partial charge is 0.481 e. The number of hydrogen-bond donors (Lipinski definition) is 0. The molecule has 28 heavy (non-hydrogen) atoms. The summed E-state index contributed by atoms with van der Waals surface area (Å²) in [6.07, 6.45) is 2.36. The minimum absolute atomic E-state index is 0.0599. The van der Waals surface area contributed by atoms with Crippen molar-refractivity contribution in [3.63, 3.8) is 0 Å². The van der Waals surface area contributed by atoms with E-state index in [1.54, 1.807) is 22.8 Å². The van der Waals surface area contributed by atoms with Crippen LogP contribution in [0.1, 0.15) is 43.6 Å². The van der Waals surface area contributed by atoms with Gasteiger partial charge in [0, 0.05) is 26.2 Å². The summed E-state index contributed by atoms with van der Waals surface area (Å²) in [5, 5.41) is 0. The Morgan fingerprint density at radius 1 is 1.00 bits per heavy atom. The molecule has 1 unspecified atom stereocenters. The number of nitrogens with zero attached hydrogens (tertiary/aromatic N) is 2. The molecule has 0 spiro atoms. The van der Waals surface area contributed by atoms with E-state index in [1.165, 1.54) is 18.1 Å². The SMILES string of the molecule is CC(Oc1ccc(C(C)(C)C)cc1)C(=O)N1CCN(C(=O)c2ccoc2)CC1. The van der Waals surface area contributed by atoms with E-state index in [2.05, 4.69) is 20.8 Å². The predicted octanol–water partition coefficient (Wildman–Crippen LogP) is 3.33. The van der Waals surface area contributed by atoms with Crippen molar-refractivity contribution in [2.24, 2.45) is 0 Å². The van der Waals surface area contributed by atoms with Gasteiger partial charge in [-0.05, 0) is 36.1 Å². The van der Waals surface area contributed by atoms with Gasteiger partial charge in [-0.15, -0.1) is 0 Å². The molecule has 6 heteroatoms. The van der Waals surface area contributed by atoms with Crippen molar-refractivity contribution < 1.29 is 18.7 Å². The van der Waals surface area contributed by atoms with Crippen LogP contribution in [0.2, 0.25) is 0 Å². The van der Waals surface area contributed by atoms with Crippen molar-refractivity contribution in [2.45, 2.75) is 39.2 Å². The second-order valence-corrected chi connectivity index (χ2v) is 8.16. The van der Waals surface area contributed by atoms with Gasteiger partial charge in [0.15, 0.2) is 6.10 Å². The minimum Gasteiger partial charge on any atom is -0.481 e. The van der Waals surface area contributed by atoms with E-state index in [-0.39, 0.29) is 17.2 Å². The molecular formula is C22H28N2O4. The number of carbonyl (C=O) groups excluding carboxylic acids is 2. The van der Waals surface area contributed by atoms with Crippen LogP contribution in [0.3, 0.4) is 0 Å². The molecule has 1 aliphatic rings. The lowest BCUT2D eigenvalue weighted by atomic mass is 9.87.